The Balaban J connectivity index is 1.30. The van der Waals surface area contributed by atoms with Crippen LogP contribution in [0.2, 0.25) is 5.02 Å². The number of rotatable bonds is 7. The van der Waals surface area contributed by atoms with Gasteiger partial charge in [0.2, 0.25) is 11.1 Å². The number of aromatic amines is 1. The highest BCUT2D eigenvalue weighted by molar-refractivity contribution is 7.99. The molecule has 8 heteroatoms. The number of carbonyl (C=O) groups excluding carboxylic acids is 1. The lowest BCUT2D eigenvalue weighted by Gasteiger charge is -2.08. The number of nitrogens with zero attached hydrogens (tertiary/aromatic N) is 2. The van der Waals surface area contributed by atoms with Crippen LogP contribution in [0.25, 0.3) is 10.8 Å². The SMILES string of the molecule is O=C(CSc1n[nH]c(COc2ccc(Cl)cc2)n1)Nc1cccc2ccccc12. The number of hydrogen-bond acceptors (Lipinski definition) is 5. The van der Waals surface area contributed by atoms with Crippen LogP contribution in [-0.4, -0.2) is 26.8 Å². The van der Waals surface area contributed by atoms with Crippen LogP contribution in [-0.2, 0) is 11.4 Å². The molecule has 146 valence electrons. The van der Waals surface area contributed by atoms with Gasteiger partial charge in [-0.1, -0.05) is 59.8 Å². The van der Waals surface area contributed by atoms with Crippen LogP contribution in [0, 0.1) is 0 Å². The zero-order valence-corrected chi connectivity index (χ0v) is 16.8. The third kappa shape index (κ3) is 5.07. The predicted octanol–water partition coefficient (Wildman–Crippen LogP) is 4.92. The van der Waals surface area contributed by atoms with E-state index in [0.29, 0.717) is 21.8 Å². The molecule has 3 aromatic carbocycles. The summed E-state index contributed by atoms with van der Waals surface area (Å²) in [5.74, 6) is 1.36. The molecule has 0 fully saturated rings. The van der Waals surface area contributed by atoms with E-state index in [1.807, 2.05) is 42.5 Å². The van der Waals surface area contributed by atoms with Crippen LogP contribution in [0.1, 0.15) is 5.82 Å². The smallest absolute Gasteiger partial charge is 0.234 e. The van der Waals surface area contributed by atoms with Crippen molar-refractivity contribution in [3.05, 3.63) is 77.6 Å². The number of hydrogen-bond donors (Lipinski definition) is 2. The normalized spacial score (nSPS) is 10.8. The minimum Gasteiger partial charge on any atom is -0.486 e. The quantitative estimate of drug-likeness (QED) is 0.411. The van der Waals surface area contributed by atoms with E-state index in [-0.39, 0.29) is 18.3 Å². The fourth-order valence-electron chi connectivity index (χ4n) is 2.74. The van der Waals surface area contributed by atoms with E-state index >= 15 is 0 Å². The Morgan fingerprint density at radius 3 is 2.72 bits per heavy atom. The Morgan fingerprint density at radius 2 is 1.86 bits per heavy atom. The fourth-order valence-corrected chi connectivity index (χ4v) is 3.48. The molecule has 1 amide bonds. The number of nitrogens with one attached hydrogen (secondary N) is 2. The second-order valence-corrected chi connectivity index (χ2v) is 7.55. The van der Waals surface area contributed by atoms with Crippen molar-refractivity contribution in [3.8, 4) is 5.75 Å². The minimum absolute atomic E-state index is 0.116. The molecule has 0 unspecified atom stereocenters. The van der Waals surface area contributed by atoms with Crippen LogP contribution in [0.3, 0.4) is 0 Å². The van der Waals surface area contributed by atoms with E-state index in [4.69, 9.17) is 16.3 Å². The first-order valence-electron chi connectivity index (χ1n) is 8.87. The van der Waals surface area contributed by atoms with Gasteiger partial charge < -0.3 is 10.1 Å². The molecule has 6 nitrogen and oxygen atoms in total. The van der Waals surface area contributed by atoms with Gasteiger partial charge in [0, 0.05) is 16.1 Å². The molecule has 29 heavy (non-hydrogen) atoms. The van der Waals surface area contributed by atoms with Gasteiger partial charge in [-0.25, -0.2) is 4.98 Å². The van der Waals surface area contributed by atoms with Crippen LogP contribution >= 0.6 is 23.4 Å². The topological polar surface area (TPSA) is 79.9 Å². The van der Waals surface area contributed by atoms with E-state index in [1.165, 1.54) is 11.8 Å². The standard InChI is InChI=1S/C21H17ClN4O2S/c22-15-8-10-16(11-9-15)28-12-19-24-21(26-25-19)29-13-20(27)23-18-7-3-5-14-4-1-2-6-17(14)18/h1-11H,12-13H2,(H,23,27)(H,24,25,26). The molecule has 0 saturated heterocycles. The van der Waals surface area contributed by atoms with Gasteiger partial charge in [-0.2, -0.15) is 0 Å². The molecule has 0 saturated carbocycles. The number of aromatic nitrogens is 3. The molecule has 0 atom stereocenters. The second-order valence-electron chi connectivity index (χ2n) is 6.17. The highest BCUT2D eigenvalue weighted by Gasteiger charge is 2.10. The van der Waals surface area contributed by atoms with Crippen molar-refractivity contribution in [2.75, 3.05) is 11.1 Å². The largest absolute Gasteiger partial charge is 0.486 e. The number of halogens is 1. The molecule has 4 rings (SSSR count). The zero-order chi connectivity index (χ0) is 20.1. The number of H-pyrrole nitrogens is 1. The van der Waals surface area contributed by atoms with Crippen LogP contribution < -0.4 is 10.1 Å². The lowest BCUT2D eigenvalue weighted by atomic mass is 10.1. The van der Waals surface area contributed by atoms with Crippen molar-refractivity contribution in [1.82, 2.24) is 15.2 Å². The summed E-state index contributed by atoms with van der Waals surface area (Å²) < 4.78 is 5.62. The fraction of sp³-hybridized carbons (Fsp3) is 0.0952. The maximum atomic E-state index is 12.3. The third-order valence-corrected chi connectivity index (χ3v) is 5.20. The van der Waals surface area contributed by atoms with Crippen molar-refractivity contribution in [2.24, 2.45) is 0 Å². The van der Waals surface area contributed by atoms with Crippen LogP contribution in [0.5, 0.6) is 5.75 Å². The lowest BCUT2D eigenvalue weighted by Crippen LogP contribution is -2.14. The average molecular weight is 425 g/mol. The number of ether oxygens (including phenoxy) is 1. The second kappa shape index (κ2) is 8.98. The number of carbonyl (C=O) groups is 1. The van der Waals surface area contributed by atoms with E-state index in [9.17, 15) is 4.79 Å². The van der Waals surface area contributed by atoms with Gasteiger partial charge in [-0.15, -0.1) is 5.10 Å². The van der Waals surface area contributed by atoms with Gasteiger partial charge in [0.25, 0.3) is 0 Å². The molecular formula is C21H17ClN4O2S. The molecule has 0 aliphatic carbocycles. The molecule has 4 aromatic rings. The molecular weight excluding hydrogens is 408 g/mol. The minimum atomic E-state index is -0.116. The van der Waals surface area contributed by atoms with E-state index in [0.717, 1.165) is 16.5 Å². The van der Waals surface area contributed by atoms with E-state index in [1.54, 1.807) is 24.3 Å². The first kappa shape index (κ1) is 19.3. The monoisotopic (exact) mass is 424 g/mol. The summed E-state index contributed by atoms with van der Waals surface area (Å²) in [6, 6.07) is 20.8. The van der Waals surface area contributed by atoms with Gasteiger partial charge in [0.05, 0.1) is 5.75 Å². The number of amides is 1. The van der Waals surface area contributed by atoms with Crippen molar-refractivity contribution in [2.45, 2.75) is 11.8 Å². The van der Waals surface area contributed by atoms with Crippen molar-refractivity contribution in [1.29, 1.82) is 0 Å². The number of thioether (sulfide) groups is 1. The lowest BCUT2D eigenvalue weighted by molar-refractivity contribution is -0.113. The van der Waals surface area contributed by atoms with E-state index in [2.05, 4.69) is 20.5 Å². The first-order chi connectivity index (χ1) is 14.2. The summed E-state index contributed by atoms with van der Waals surface area (Å²) in [5, 5.41) is 13.1. The summed E-state index contributed by atoms with van der Waals surface area (Å²) in [4.78, 5) is 16.7. The summed E-state index contributed by atoms with van der Waals surface area (Å²) in [6.45, 7) is 0.247. The summed E-state index contributed by atoms with van der Waals surface area (Å²) in [7, 11) is 0. The van der Waals surface area contributed by atoms with Crippen LogP contribution in [0.4, 0.5) is 5.69 Å². The molecule has 0 radical (unpaired) electrons. The molecule has 0 aliphatic rings. The molecule has 0 aliphatic heterocycles. The zero-order valence-electron chi connectivity index (χ0n) is 15.3. The highest BCUT2D eigenvalue weighted by Crippen LogP contribution is 2.23. The Labute approximate surface area is 176 Å². The molecule has 1 aromatic heterocycles. The summed E-state index contributed by atoms with van der Waals surface area (Å²) in [5.41, 5.74) is 0.792. The van der Waals surface area contributed by atoms with Gasteiger partial charge >= 0.3 is 0 Å². The number of anilines is 1. The van der Waals surface area contributed by atoms with Crippen molar-refractivity contribution in [3.63, 3.8) is 0 Å². The van der Waals surface area contributed by atoms with Gasteiger partial charge in [0.15, 0.2) is 5.82 Å². The third-order valence-electron chi connectivity index (χ3n) is 4.10. The molecule has 0 spiro atoms. The van der Waals surface area contributed by atoms with Gasteiger partial charge in [-0.3, -0.25) is 9.89 Å². The summed E-state index contributed by atoms with van der Waals surface area (Å²) in [6.07, 6.45) is 0. The Bertz CT molecular complexity index is 1130. The first-order valence-corrected chi connectivity index (χ1v) is 10.2. The maximum Gasteiger partial charge on any atom is 0.234 e. The number of fused-ring (bicyclic) bond motifs is 1. The predicted molar refractivity (Wildman–Crippen MR) is 115 cm³/mol. The maximum absolute atomic E-state index is 12.3. The Morgan fingerprint density at radius 1 is 1.07 bits per heavy atom. The van der Waals surface area contributed by atoms with E-state index < -0.39 is 0 Å². The molecule has 1 heterocycles. The van der Waals surface area contributed by atoms with Crippen LogP contribution in [0.15, 0.2) is 71.9 Å². The van der Waals surface area contributed by atoms with Gasteiger partial charge in [-0.05, 0) is 35.7 Å². The Kier molecular flexibility index (Phi) is 5.97. The van der Waals surface area contributed by atoms with Gasteiger partial charge in [0.1, 0.15) is 12.4 Å². The molecule has 0 bridgehead atoms. The van der Waals surface area contributed by atoms with Crippen molar-refractivity contribution >= 4 is 45.7 Å². The summed E-state index contributed by atoms with van der Waals surface area (Å²) >= 11 is 7.11. The Hall–Kier alpha value is -3.03. The highest BCUT2D eigenvalue weighted by atomic mass is 35.5. The van der Waals surface area contributed by atoms with Crippen molar-refractivity contribution < 1.29 is 9.53 Å². The average Bonchev–Trinajstić information content (AvgIpc) is 3.20. The molecule has 2 N–H and O–H groups in total. The number of benzene rings is 3.